The molecule has 1 heterocycles. The molecule has 0 saturated heterocycles. The van der Waals surface area contributed by atoms with E-state index >= 15 is 0 Å². The molecule has 3 nitrogen and oxygen atoms in total. The number of hydrogen-bond acceptors (Lipinski definition) is 4. The van der Waals surface area contributed by atoms with Gasteiger partial charge in [0, 0.05) is 19.1 Å². The number of nitrogens with one attached hydrogen (secondary N) is 1. The molecular weight excluding hydrogens is 254 g/mol. The summed E-state index contributed by atoms with van der Waals surface area (Å²) in [7, 11) is 0. The molecule has 1 aromatic carbocycles. The van der Waals surface area contributed by atoms with Crippen LogP contribution >= 0.6 is 11.3 Å². The molecule has 0 bridgehead atoms. The lowest BCUT2D eigenvalue weighted by atomic mass is 10.2. The fourth-order valence-corrected chi connectivity index (χ4v) is 3.44. The predicted molar refractivity (Wildman–Crippen MR) is 83.1 cm³/mol. The molecule has 2 aromatic rings. The van der Waals surface area contributed by atoms with Crippen LogP contribution in [0.4, 0.5) is 5.13 Å². The minimum Gasteiger partial charge on any atom is -0.360 e. The van der Waals surface area contributed by atoms with Gasteiger partial charge in [0.2, 0.25) is 0 Å². The van der Waals surface area contributed by atoms with Crippen molar-refractivity contribution in [1.29, 1.82) is 0 Å². The van der Waals surface area contributed by atoms with Crippen LogP contribution in [0, 0.1) is 6.92 Å². The number of nitrogens with zero attached hydrogens (tertiary/aromatic N) is 2. The van der Waals surface area contributed by atoms with E-state index in [-0.39, 0.29) is 0 Å². The fraction of sp³-hybridized carbons (Fsp3) is 0.533. The third kappa shape index (κ3) is 3.07. The molecule has 19 heavy (non-hydrogen) atoms. The molecule has 0 radical (unpaired) electrons. The van der Waals surface area contributed by atoms with E-state index < -0.39 is 0 Å². The molecule has 1 aliphatic rings. The van der Waals surface area contributed by atoms with Crippen LogP contribution in [-0.2, 0) is 0 Å². The number of hydrogen-bond donors (Lipinski definition) is 1. The Morgan fingerprint density at radius 3 is 3.00 bits per heavy atom. The number of likely N-dealkylation sites (N-methyl/N-ethyl adjacent to an activating group) is 1. The Hall–Kier alpha value is -1.13. The maximum atomic E-state index is 4.63. The van der Waals surface area contributed by atoms with Crippen molar-refractivity contribution in [2.75, 3.05) is 25.0 Å². The van der Waals surface area contributed by atoms with E-state index in [4.69, 9.17) is 0 Å². The molecule has 0 spiro atoms. The van der Waals surface area contributed by atoms with Gasteiger partial charge in [0.25, 0.3) is 0 Å². The molecule has 3 rings (SSSR count). The summed E-state index contributed by atoms with van der Waals surface area (Å²) < 4.78 is 1.28. The van der Waals surface area contributed by atoms with Crippen LogP contribution in [0.25, 0.3) is 10.2 Å². The van der Waals surface area contributed by atoms with Crippen molar-refractivity contribution in [1.82, 2.24) is 9.88 Å². The molecule has 0 amide bonds. The molecular formula is C15H21N3S. The Kier molecular flexibility index (Phi) is 3.71. The van der Waals surface area contributed by atoms with Gasteiger partial charge >= 0.3 is 0 Å². The first-order valence-electron chi connectivity index (χ1n) is 7.11. The Morgan fingerprint density at radius 2 is 2.26 bits per heavy atom. The van der Waals surface area contributed by atoms with Gasteiger partial charge in [-0.3, -0.25) is 4.90 Å². The van der Waals surface area contributed by atoms with Gasteiger partial charge in [-0.05, 0) is 44.0 Å². The van der Waals surface area contributed by atoms with Crippen molar-refractivity contribution in [3.05, 3.63) is 23.8 Å². The van der Waals surface area contributed by atoms with Crippen LogP contribution in [0.1, 0.15) is 25.3 Å². The number of thiazole rings is 1. The summed E-state index contributed by atoms with van der Waals surface area (Å²) in [5, 5.41) is 4.52. The first kappa shape index (κ1) is 12.9. The lowest BCUT2D eigenvalue weighted by Crippen LogP contribution is -2.30. The van der Waals surface area contributed by atoms with Crippen molar-refractivity contribution in [3.8, 4) is 0 Å². The van der Waals surface area contributed by atoms with Crippen molar-refractivity contribution in [3.63, 3.8) is 0 Å². The zero-order chi connectivity index (χ0) is 13.2. The second-order valence-corrected chi connectivity index (χ2v) is 6.31. The van der Waals surface area contributed by atoms with Crippen molar-refractivity contribution in [2.24, 2.45) is 0 Å². The van der Waals surface area contributed by atoms with E-state index in [0.29, 0.717) is 0 Å². The zero-order valence-electron chi connectivity index (χ0n) is 11.6. The molecule has 0 atom stereocenters. The zero-order valence-corrected chi connectivity index (χ0v) is 12.5. The number of rotatable bonds is 6. The van der Waals surface area contributed by atoms with Gasteiger partial charge in [0.05, 0.1) is 10.2 Å². The van der Waals surface area contributed by atoms with Crippen LogP contribution in [0.3, 0.4) is 0 Å². The number of aryl methyl sites for hydroxylation is 1. The third-order valence-corrected chi connectivity index (χ3v) is 4.66. The van der Waals surface area contributed by atoms with Crippen LogP contribution < -0.4 is 5.32 Å². The van der Waals surface area contributed by atoms with E-state index in [1.54, 1.807) is 11.3 Å². The molecule has 1 saturated carbocycles. The summed E-state index contributed by atoms with van der Waals surface area (Å²) in [4.78, 5) is 7.19. The van der Waals surface area contributed by atoms with Crippen LogP contribution in [0.2, 0.25) is 0 Å². The quantitative estimate of drug-likeness (QED) is 0.874. The van der Waals surface area contributed by atoms with Crippen LogP contribution in [0.5, 0.6) is 0 Å². The Morgan fingerprint density at radius 1 is 1.42 bits per heavy atom. The summed E-state index contributed by atoms with van der Waals surface area (Å²) in [5.41, 5.74) is 2.40. The second kappa shape index (κ2) is 5.47. The summed E-state index contributed by atoms with van der Waals surface area (Å²) in [6, 6.07) is 7.29. The average Bonchev–Trinajstić information content (AvgIpc) is 3.15. The Labute approximate surface area is 118 Å². The molecule has 1 aliphatic carbocycles. The minimum atomic E-state index is 0.852. The normalized spacial score (nSPS) is 15.3. The molecule has 1 fully saturated rings. The first-order valence-corrected chi connectivity index (χ1v) is 7.93. The Bertz CT molecular complexity index is 560. The van der Waals surface area contributed by atoms with Gasteiger partial charge in [0.1, 0.15) is 0 Å². The molecule has 1 aromatic heterocycles. The summed E-state index contributed by atoms with van der Waals surface area (Å²) >= 11 is 1.75. The monoisotopic (exact) mass is 275 g/mol. The largest absolute Gasteiger partial charge is 0.360 e. The SMILES string of the molecule is CCN(CCNc1nc2ccc(C)cc2s1)C1CC1. The first-order chi connectivity index (χ1) is 9.26. The summed E-state index contributed by atoms with van der Waals surface area (Å²) in [6.45, 7) is 7.64. The number of fused-ring (bicyclic) bond motifs is 1. The highest BCUT2D eigenvalue weighted by molar-refractivity contribution is 7.22. The lowest BCUT2D eigenvalue weighted by molar-refractivity contribution is 0.289. The molecule has 0 aliphatic heterocycles. The van der Waals surface area contributed by atoms with Gasteiger partial charge in [-0.15, -0.1) is 0 Å². The molecule has 1 N–H and O–H groups in total. The van der Waals surface area contributed by atoms with Crippen LogP contribution in [0.15, 0.2) is 18.2 Å². The predicted octanol–water partition coefficient (Wildman–Crippen LogP) is 3.50. The molecule has 102 valence electrons. The van der Waals surface area contributed by atoms with Gasteiger partial charge < -0.3 is 5.32 Å². The van der Waals surface area contributed by atoms with Gasteiger partial charge in [-0.2, -0.15) is 0 Å². The highest BCUT2D eigenvalue weighted by Gasteiger charge is 2.27. The smallest absolute Gasteiger partial charge is 0.183 e. The lowest BCUT2D eigenvalue weighted by Gasteiger charge is -2.19. The van der Waals surface area contributed by atoms with Gasteiger partial charge in [-0.1, -0.05) is 24.3 Å². The van der Waals surface area contributed by atoms with Gasteiger partial charge in [0.15, 0.2) is 5.13 Å². The van der Waals surface area contributed by atoms with E-state index in [2.05, 4.69) is 47.2 Å². The maximum Gasteiger partial charge on any atom is 0.183 e. The minimum absolute atomic E-state index is 0.852. The van der Waals surface area contributed by atoms with Crippen molar-refractivity contribution in [2.45, 2.75) is 32.7 Å². The number of benzene rings is 1. The fourth-order valence-electron chi connectivity index (χ4n) is 2.45. The topological polar surface area (TPSA) is 28.2 Å². The third-order valence-electron chi connectivity index (χ3n) is 3.69. The number of anilines is 1. The average molecular weight is 275 g/mol. The van der Waals surface area contributed by atoms with Gasteiger partial charge in [-0.25, -0.2) is 4.98 Å². The van der Waals surface area contributed by atoms with Crippen LogP contribution in [-0.4, -0.2) is 35.6 Å². The number of aromatic nitrogens is 1. The Balaban J connectivity index is 1.58. The molecule has 4 heteroatoms. The standard InChI is InChI=1S/C15H21N3S/c1-3-18(12-5-6-12)9-8-16-15-17-13-7-4-11(2)10-14(13)19-15/h4,7,10,12H,3,5-6,8-9H2,1-2H3,(H,16,17). The molecule has 0 unspecified atom stereocenters. The van der Waals surface area contributed by atoms with E-state index in [1.807, 2.05) is 0 Å². The highest BCUT2D eigenvalue weighted by atomic mass is 32.1. The van der Waals surface area contributed by atoms with E-state index in [1.165, 1.54) is 23.1 Å². The highest BCUT2D eigenvalue weighted by Crippen LogP contribution is 2.27. The van der Waals surface area contributed by atoms with Crippen molar-refractivity contribution < 1.29 is 0 Å². The van der Waals surface area contributed by atoms with E-state index in [9.17, 15) is 0 Å². The van der Waals surface area contributed by atoms with E-state index in [0.717, 1.165) is 36.3 Å². The summed E-state index contributed by atoms with van der Waals surface area (Å²) in [6.07, 6.45) is 2.77. The van der Waals surface area contributed by atoms with Crippen molar-refractivity contribution >= 4 is 26.7 Å². The second-order valence-electron chi connectivity index (χ2n) is 5.28. The maximum absolute atomic E-state index is 4.63. The summed E-state index contributed by atoms with van der Waals surface area (Å²) in [5.74, 6) is 0.